The maximum atomic E-state index is 12.4. The van der Waals surface area contributed by atoms with Crippen molar-refractivity contribution in [3.8, 4) is 0 Å². The van der Waals surface area contributed by atoms with Gasteiger partial charge in [0.15, 0.2) is 9.84 Å². The number of hydrogen-bond acceptors (Lipinski definition) is 4. The number of rotatable bonds is 4. The van der Waals surface area contributed by atoms with Crippen molar-refractivity contribution in [1.29, 1.82) is 0 Å². The molecule has 0 aliphatic carbocycles. The SMILES string of the molecule is CC(C)S(=O)(=O)c1ccccc1N1CC(C(N)=O)CC1=O. The molecule has 1 aliphatic rings. The van der Waals surface area contributed by atoms with E-state index in [4.69, 9.17) is 5.73 Å². The van der Waals surface area contributed by atoms with Crippen LogP contribution in [-0.4, -0.2) is 32.0 Å². The maximum Gasteiger partial charge on any atom is 0.227 e. The summed E-state index contributed by atoms with van der Waals surface area (Å²) in [7, 11) is -3.52. The average Bonchev–Trinajstić information content (AvgIpc) is 2.81. The third-order valence-corrected chi connectivity index (χ3v) is 5.81. The molecule has 21 heavy (non-hydrogen) atoms. The molecule has 1 saturated heterocycles. The van der Waals surface area contributed by atoms with Crippen LogP contribution >= 0.6 is 0 Å². The second-order valence-electron chi connectivity index (χ2n) is 5.37. The highest BCUT2D eigenvalue weighted by molar-refractivity contribution is 7.92. The van der Waals surface area contributed by atoms with E-state index in [0.717, 1.165) is 0 Å². The first-order valence-corrected chi connectivity index (χ1v) is 8.22. The number of anilines is 1. The molecule has 7 heteroatoms. The van der Waals surface area contributed by atoms with Gasteiger partial charge in [0, 0.05) is 13.0 Å². The van der Waals surface area contributed by atoms with Crippen molar-refractivity contribution >= 4 is 27.3 Å². The Labute approximate surface area is 123 Å². The molecule has 114 valence electrons. The van der Waals surface area contributed by atoms with E-state index < -0.39 is 26.9 Å². The molecule has 0 saturated carbocycles. The van der Waals surface area contributed by atoms with E-state index in [9.17, 15) is 18.0 Å². The van der Waals surface area contributed by atoms with Crippen molar-refractivity contribution in [2.45, 2.75) is 30.4 Å². The van der Waals surface area contributed by atoms with E-state index in [-0.39, 0.29) is 23.8 Å². The molecule has 2 N–H and O–H groups in total. The van der Waals surface area contributed by atoms with Gasteiger partial charge in [-0.3, -0.25) is 9.59 Å². The zero-order valence-corrected chi connectivity index (χ0v) is 12.8. The Bertz CT molecular complexity index is 682. The molecule has 1 heterocycles. The summed E-state index contributed by atoms with van der Waals surface area (Å²) in [4.78, 5) is 24.7. The van der Waals surface area contributed by atoms with E-state index in [0.29, 0.717) is 5.69 Å². The molecular weight excluding hydrogens is 292 g/mol. The number of nitrogens with two attached hydrogens (primary N) is 1. The van der Waals surface area contributed by atoms with Crippen molar-refractivity contribution in [3.63, 3.8) is 0 Å². The van der Waals surface area contributed by atoms with Crippen molar-refractivity contribution in [2.24, 2.45) is 11.7 Å². The molecular formula is C14H18N2O4S. The fraction of sp³-hybridized carbons (Fsp3) is 0.429. The van der Waals surface area contributed by atoms with Crippen LogP contribution in [0, 0.1) is 5.92 Å². The lowest BCUT2D eigenvalue weighted by molar-refractivity contribution is -0.123. The van der Waals surface area contributed by atoms with Gasteiger partial charge in [0.25, 0.3) is 0 Å². The number of amides is 2. The van der Waals surface area contributed by atoms with Gasteiger partial charge < -0.3 is 10.6 Å². The fourth-order valence-corrected chi connectivity index (χ4v) is 3.55. The van der Waals surface area contributed by atoms with Crippen LogP contribution in [0.4, 0.5) is 5.69 Å². The molecule has 2 rings (SSSR count). The van der Waals surface area contributed by atoms with Crippen molar-refractivity contribution in [1.82, 2.24) is 0 Å². The summed E-state index contributed by atoms with van der Waals surface area (Å²) in [5, 5.41) is -0.594. The van der Waals surface area contributed by atoms with Crippen molar-refractivity contribution < 1.29 is 18.0 Å². The van der Waals surface area contributed by atoms with E-state index in [2.05, 4.69) is 0 Å². The molecule has 1 atom stereocenters. The van der Waals surface area contributed by atoms with E-state index in [1.54, 1.807) is 32.0 Å². The fourth-order valence-electron chi connectivity index (χ4n) is 2.31. The second-order valence-corrected chi connectivity index (χ2v) is 7.84. The molecule has 1 aliphatic heterocycles. The zero-order chi connectivity index (χ0) is 15.8. The summed E-state index contributed by atoms with van der Waals surface area (Å²) in [5.74, 6) is -1.41. The van der Waals surface area contributed by atoms with Crippen molar-refractivity contribution in [3.05, 3.63) is 24.3 Å². The van der Waals surface area contributed by atoms with Gasteiger partial charge in [-0.25, -0.2) is 8.42 Å². The minimum Gasteiger partial charge on any atom is -0.369 e. The number of carbonyl (C=O) groups excluding carboxylic acids is 2. The zero-order valence-electron chi connectivity index (χ0n) is 11.9. The predicted molar refractivity (Wildman–Crippen MR) is 78.4 cm³/mol. The third kappa shape index (κ3) is 2.78. The molecule has 0 aromatic heterocycles. The summed E-state index contributed by atoms with van der Waals surface area (Å²) < 4.78 is 24.8. The van der Waals surface area contributed by atoms with Crippen LogP contribution in [0.25, 0.3) is 0 Å². The second kappa shape index (κ2) is 5.48. The monoisotopic (exact) mass is 310 g/mol. The molecule has 0 radical (unpaired) electrons. The minimum absolute atomic E-state index is 0.0192. The Morgan fingerprint density at radius 3 is 2.48 bits per heavy atom. The number of carbonyl (C=O) groups is 2. The van der Waals surface area contributed by atoms with Crippen LogP contribution in [0.2, 0.25) is 0 Å². The number of primary amides is 1. The normalized spacial score (nSPS) is 19.3. The molecule has 1 aromatic carbocycles. The van der Waals surface area contributed by atoms with Crippen LogP contribution in [0.15, 0.2) is 29.2 Å². The van der Waals surface area contributed by atoms with Crippen LogP contribution < -0.4 is 10.6 Å². The summed E-state index contributed by atoms with van der Waals surface area (Å²) in [6, 6.07) is 6.34. The standard InChI is InChI=1S/C14H18N2O4S/c1-9(2)21(19,20)12-6-4-3-5-11(12)16-8-10(14(15)18)7-13(16)17/h3-6,9-10H,7-8H2,1-2H3,(H2,15,18). The number of para-hydroxylation sites is 1. The lowest BCUT2D eigenvalue weighted by atomic mass is 10.1. The van der Waals surface area contributed by atoms with E-state index in [1.165, 1.54) is 11.0 Å². The Balaban J connectivity index is 2.47. The van der Waals surface area contributed by atoms with Crippen LogP contribution in [-0.2, 0) is 19.4 Å². The van der Waals surface area contributed by atoms with Gasteiger partial charge in [-0.15, -0.1) is 0 Å². The molecule has 1 fully saturated rings. The topological polar surface area (TPSA) is 97.5 Å². The quantitative estimate of drug-likeness (QED) is 0.885. The van der Waals surface area contributed by atoms with Gasteiger partial charge in [-0.1, -0.05) is 12.1 Å². The van der Waals surface area contributed by atoms with Crippen LogP contribution in [0.5, 0.6) is 0 Å². The van der Waals surface area contributed by atoms with Gasteiger partial charge in [0.2, 0.25) is 11.8 Å². The van der Waals surface area contributed by atoms with Crippen LogP contribution in [0.3, 0.4) is 0 Å². The average molecular weight is 310 g/mol. The van der Waals surface area contributed by atoms with Gasteiger partial charge in [-0.05, 0) is 26.0 Å². The Morgan fingerprint density at radius 2 is 1.95 bits per heavy atom. The lowest BCUT2D eigenvalue weighted by Gasteiger charge is -2.21. The highest BCUT2D eigenvalue weighted by Crippen LogP contribution is 2.32. The summed E-state index contributed by atoms with van der Waals surface area (Å²) in [6.07, 6.45) is 0.0192. The Morgan fingerprint density at radius 1 is 1.33 bits per heavy atom. The first-order valence-electron chi connectivity index (χ1n) is 6.67. The number of benzene rings is 1. The first kappa shape index (κ1) is 15.5. The van der Waals surface area contributed by atoms with Gasteiger partial charge in [-0.2, -0.15) is 0 Å². The maximum absolute atomic E-state index is 12.4. The van der Waals surface area contributed by atoms with E-state index in [1.807, 2.05) is 0 Å². The van der Waals surface area contributed by atoms with E-state index >= 15 is 0 Å². The Hall–Kier alpha value is -1.89. The minimum atomic E-state index is -3.52. The molecule has 2 amide bonds. The molecule has 6 nitrogen and oxygen atoms in total. The molecule has 1 unspecified atom stereocenters. The molecule has 0 spiro atoms. The highest BCUT2D eigenvalue weighted by Gasteiger charge is 2.36. The van der Waals surface area contributed by atoms with Gasteiger partial charge in [0.1, 0.15) is 0 Å². The van der Waals surface area contributed by atoms with Gasteiger partial charge >= 0.3 is 0 Å². The summed E-state index contributed by atoms with van der Waals surface area (Å²) >= 11 is 0. The van der Waals surface area contributed by atoms with Gasteiger partial charge in [0.05, 0.1) is 21.8 Å². The first-order chi connectivity index (χ1) is 9.75. The largest absolute Gasteiger partial charge is 0.369 e. The van der Waals surface area contributed by atoms with Crippen LogP contribution in [0.1, 0.15) is 20.3 Å². The lowest BCUT2D eigenvalue weighted by Crippen LogP contribution is -2.30. The predicted octanol–water partition coefficient (Wildman–Crippen LogP) is 0.707. The third-order valence-electron chi connectivity index (χ3n) is 3.61. The Kier molecular flexibility index (Phi) is 4.04. The smallest absolute Gasteiger partial charge is 0.227 e. The number of hydrogen-bond donors (Lipinski definition) is 1. The number of sulfone groups is 1. The van der Waals surface area contributed by atoms with Crippen molar-refractivity contribution in [2.75, 3.05) is 11.4 Å². The number of nitrogens with zero attached hydrogens (tertiary/aromatic N) is 1. The summed E-state index contributed by atoms with van der Waals surface area (Å²) in [5.41, 5.74) is 5.56. The molecule has 1 aromatic rings. The molecule has 0 bridgehead atoms. The summed E-state index contributed by atoms with van der Waals surface area (Å²) in [6.45, 7) is 3.30. The highest BCUT2D eigenvalue weighted by atomic mass is 32.2.